The predicted octanol–water partition coefficient (Wildman–Crippen LogP) is 3.16. The smallest absolute Gasteiger partial charge is 0.337 e. The number of carboxylic acid groups (broad SMARTS) is 1. The molecule has 3 rings (SSSR count). The molecule has 0 radical (unpaired) electrons. The highest BCUT2D eigenvalue weighted by molar-refractivity contribution is 6.03. The number of benzene rings is 2. The number of ether oxygens (including phenoxy) is 1. The molecule has 23 heavy (non-hydrogen) atoms. The number of aromatic carboxylic acids is 1. The number of nitrogens with one attached hydrogen (secondary N) is 2. The SMILES string of the molecule is COc1ccc(CNCc2ccc(C(=O)O)c3[nH]ccc23)cc1. The lowest BCUT2D eigenvalue weighted by atomic mass is 10.1. The van der Waals surface area contributed by atoms with Gasteiger partial charge in [0.2, 0.25) is 0 Å². The molecule has 0 amide bonds. The van der Waals surface area contributed by atoms with Crippen LogP contribution in [0.4, 0.5) is 0 Å². The van der Waals surface area contributed by atoms with Crippen molar-refractivity contribution in [1.29, 1.82) is 0 Å². The van der Waals surface area contributed by atoms with Gasteiger partial charge in [-0.05, 0) is 35.4 Å². The van der Waals surface area contributed by atoms with Crippen molar-refractivity contribution in [3.05, 3.63) is 65.4 Å². The molecule has 5 nitrogen and oxygen atoms in total. The molecule has 0 fully saturated rings. The average molecular weight is 310 g/mol. The summed E-state index contributed by atoms with van der Waals surface area (Å²) in [6, 6.07) is 13.3. The summed E-state index contributed by atoms with van der Waals surface area (Å²) in [4.78, 5) is 14.2. The number of hydrogen-bond donors (Lipinski definition) is 3. The Morgan fingerprint density at radius 2 is 1.91 bits per heavy atom. The van der Waals surface area contributed by atoms with E-state index in [1.807, 2.05) is 36.4 Å². The van der Waals surface area contributed by atoms with Crippen molar-refractivity contribution in [2.45, 2.75) is 13.1 Å². The number of aromatic amines is 1. The standard InChI is InChI=1S/C18H18N2O3/c1-23-14-5-2-12(3-6-14)10-19-11-13-4-7-16(18(21)22)17-15(13)8-9-20-17/h2-9,19-20H,10-11H2,1H3,(H,21,22). The van der Waals surface area contributed by atoms with E-state index in [2.05, 4.69) is 10.3 Å². The van der Waals surface area contributed by atoms with Crippen LogP contribution in [-0.4, -0.2) is 23.2 Å². The Kier molecular flexibility index (Phi) is 4.30. The van der Waals surface area contributed by atoms with Gasteiger partial charge in [-0.1, -0.05) is 18.2 Å². The van der Waals surface area contributed by atoms with Gasteiger partial charge in [-0.25, -0.2) is 4.79 Å². The molecule has 3 N–H and O–H groups in total. The van der Waals surface area contributed by atoms with E-state index >= 15 is 0 Å². The number of carbonyl (C=O) groups is 1. The molecule has 2 aromatic carbocycles. The lowest BCUT2D eigenvalue weighted by molar-refractivity contribution is 0.0699. The molecular weight excluding hydrogens is 292 g/mol. The fourth-order valence-electron chi connectivity index (χ4n) is 2.63. The molecule has 0 atom stereocenters. The van der Waals surface area contributed by atoms with Crippen molar-refractivity contribution in [1.82, 2.24) is 10.3 Å². The molecule has 1 aromatic heterocycles. The van der Waals surface area contributed by atoms with Crippen molar-refractivity contribution in [3.63, 3.8) is 0 Å². The lowest BCUT2D eigenvalue weighted by Gasteiger charge is -2.08. The topological polar surface area (TPSA) is 74.3 Å². The second-order valence-electron chi connectivity index (χ2n) is 5.30. The third kappa shape index (κ3) is 3.19. The largest absolute Gasteiger partial charge is 0.497 e. The Morgan fingerprint density at radius 1 is 1.13 bits per heavy atom. The number of hydrogen-bond acceptors (Lipinski definition) is 3. The number of H-pyrrole nitrogens is 1. The van der Waals surface area contributed by atoms with E-state index in [1.165, 1.54) is 5.56 Å². The molecule has 0 unspecified atom stereocenters. The van der Waals surface area contributed by atoms with E-state index in [0.717, 1.165) is 23.2 Å². The molecule has 0 saturated carbocycles. The molecule has 0 aliphatic carbocycles. The van der Waals surface area contributed by atoms with Crippen LogP contribution in [0.2, 0.25) is 0 Å². The summed E-state index contributed by atoms with van der Waals surface area (Å²) in [6.45, 7) is 1.40. The van der Waals surface area contributed by atoms with Gasteiger partial charge in [0.25, 0.3) is 0 Å². The maximum absolute atomic E-state index is 11.2. The molecule has 5 heteroatoms. The highest BCUT2D eigenvalue weighted by Crippen LogP contribution is 2.22. The Bertz CT molecular complexity index is 822. The molecule has 0 saturated heterocycles. The molecule has 1 heterocycles. The third-order valence-electron chi connectivity index (χ3n) is 3.85. The van der Waals surface area contributed by atoms with Gasteiger partial charge in [0.15, 0.2) is 0 Å². The summed E-state index contributed by atoms with van der Waals surface area (Å²) in [6.07, 6.45) is 1.77. The maximum atomic E-state index is 11.2. The molecule has 0 aliphatic rings. The summed E-state index contributed by atoms with van der Waals surface area (Å²) < 4.78 is 5.14. The third-order valence-corrected chi connectivity index (χ3v) is 3.85. The number of aromatic nitrogens is 1. The van der Waals surface area contributed by atoms with E-state index in [4.69, 9.17) is 4.74 Å². The predicted molar refractivity (Wildman–Crippen MR) is 88.8 cm³/mol. The lowest BCUT2D eigenvalue weighted by Crippen LogP contribution is -2.13. The summed E-state index contributed by atoms with van der Waals surface area (Å²) in [5.74, 6) is -0.0813. The number of fused-ring (bicyclic) bond motifs is 1. The fraction of sp³-hybridized carbons (Fsp3) is 0.167. The zero-order valence-electron chi connectivity index (χ0n) is 12.8. The van der Waals surface area contributed by atoms with Crippen LogP contribution in [0.5, 0.6) is 5.75 Å². The van der Waals surface area contributed by atoms with Crippen LogP contribution in [-0.2, 0) is 13.1 Å². The minimum atomic E-state index is -0.921. The fourth-order valence-corrected chi connectivity index (χ4v) is 2.63. The van der Waals surface area contributed by atoms with Crippen molar-refractivity contribution in [2.24, 2.45) is 0 Å². The van der Waals surface area contributed by atoms with Crippen molar-refractivity contribution in [3.8, 4) is 5.75 Å². The number of carboxylic acids is 1. The summed E-state index contributed by atoms with van der Waals surface area (Å²) in [5, 5.41) is 13.5. The first-order chi connectivity index (χ1) is 11.2. The Labute approximate surface area is 133 Å². The van der Waals surface area contributed by atoms with Crippen LogP contribution in [0.3, 0.4) is 0 Å². The zero-order valence-corrected chi connectivity index (χ0v) is 12.8. The van der Waals surface area contributed by atoms with E-state index in [-0.39, 0.29) is 0 Å². The molecule has 3 aromatic rings. The van der Waals surface area contributed by atoms with Gasteiger partial charge in [0.05, 0.1) is 18.2 Å². The van der Waals surface area contributed by atoms with Gasteiger partial charge in [-0.3, -0.25) is 0 Å². The van der Waals surface area contributed by atoms with Crippen LogP contribution in [0.15, 0.2) is 48.7 Å². The highest BCUT2D eigenvalue weighted by atomic mass is 16.5. The van der Waals surface area contributed by atoms with Gasteiger partial charge < -0.3 is 20.1 Å². The van der Waals surface area contributed by atoms with E-state index in [9.17, 15) is 9.90 Å². The van der Waals surface area contributed by atoms with Gasteiger partial charge in [-0.15, -0.1) is 0 Å². The quantitative estimate of drug-likeness (QED) is 0.654. The second kappa shape index (κ2) is 6.54. The highest BCUT2D eigenvalue weighted by Gasteiger charge is 2.11. The average Bonchev–Trinajstić information content (AvgIpc) is 3.05. The van der Waals surface area contributed by atoms with Crippen LogP contribution in [0, 0.1) is 0 Å². The Morgan fingerprint density at radius 3 is 2.61 bits per heavy atom. The van der Waals surface area contributed by atoms with Crippen LogP contribution in [0.25, 0.3) is 10.9 Å². The second-order valence-corrected chi connectivity index (χ2v) is 5.30. The molecule has 0 bridgehead atoms. The van der Waals surface area contributed by atoms with Crippen LogP contribution in [0.1, 0.15) is 21.5 Å². The van der Waals surface area contributed by atoms with Crippen LogP contribution >= 0.6 is 0 Å². The molecular formula is C18H18N2O3. The van der Waals surface area contributed by atoms with Gasteiger partial charge >= 0.3 is 5.97 Å². The van der Waals surface area contributed by atoms with Crippen molar-refractivity contribution >= 4 is 16.9 Å². The van der Waals surface area contributed by atoms with Crippen LogP contribution < -0.4 is 10.1 Å². The molecule has 118 valence electrons. The summed E-state index contributed by atoms with van der Waals surface area (Å²) in [7, 11) is 1.65. The number of methoxy groups -OCH3 is 1. The maximum Gasteiger partial charge on any atom is 0.337 e. The zero-order chi connectivity index (χ0) is 16.2. The Balaban J connectivity index is 1.71. The van der Waals surface area contributed by atoms with E-state index in [0.29, 0.717) is 17.6 Å². The Hall–Kier alpha value is -2.79. The molecule has 0 aliphatic heterocycles. The first-order valence-corrected chi connectivity index (χ1v) is 7.35. The first kappa shape index (κ1) is 15.1. The van der Waals surface area contributed by atoms with E-state index in [1.54, 1.807) is 19.4 Å². The monoisotopic (exact) mass is 310 g/mol. The number of rotatable bonds is 6. The minimum absolute atomic E-state index is 0.295. The van der Waals surface area contributed by atoms with Gasteiger partial charge in [0, 0.05) is 24.7 Å². The minimum Gasteiger partial charge on any atom is -0.497 e. The van der Waals surface area contributed by atoms with Crippen molar-refractivity contribution in [2.75, 3.05) is 7.11 Å². The summed E-state index contributed by atoms with van der Waals surface area (Å²) in [5.41, 5.74) is 3.20. The van der Waals surface area contributed by atoms with Gasteiger partial charge in [0.1, 0.15) is 5.75 Å². The normalized spacial score (nSPS) is 10.8. The van der Waals surface area contributed by atoms with E-state index < -0.39 is 5.97 Å². The molecule has 0 spiro atoms. The summed E-state index contributed by atoms with van der Waals surface area (Å²) >= 11 is 0. The first-order valence-electron chi connectivity index (χ1n) is 7.35. The van der Waals surface area contributed by atoms with Gasteiger partial charge in [-0.2, -0.15) is 0 Å². The van der Waals surface area contributed by atoms with Crippen molar-refractivity contribution < 1.29 is 14.6 Å².